The SMILES string of the molecule is Cc1ncsc1-c1ccc(CNC(=O)[C@@H]2C[C@@H](O)CN2C(=O)[C@@H](CC(=O)COCCOCCOCCOCCOc2ccc(COc3ccc4oc(N5CCn6ccnc6C5)nc4c3)nc2)C(C)(C)C)cc1. The van der Waals surface area contributed by atoms with Gasteiger partial charge in [0.2, 0.25) is 11.8 Å². The number of imidazole rings is 1. The molecule has 0 radical (unpaired) electrons. The van der Waals surface area contributed by atoms with Crippen LogP contribution in [-0.4, -0.2) is 137 Å². The molecule has 2 aliphatic rings. The van der Waals surface area contributed by atoms with Crippen molar-refractivity contribution < 1.29 is 52.3 Å². The van der Waals surface area contributed by atoms with Gasteiger partial charge in [-0.3, -0.25) is 19.4 Å². The first-order valence-electron chi connectivity index (χ1n) is 24.3. The summed E-state index contributed by atoms with van der Waals surface area (Å²) in [5.74, 6) is 0.648. The van der Waals surface area contributed by atoms with Crippen molar-refractivity contribution in [1.29, 1.82) is 0 Å². The summed E-state index contributed by atoms with van der Waals surface area (Å²) in [6.07, 6.45) is 4.68. The molecule has 1 fully saturated rings. The molecule has 20 heteroatoms. The molecular formula is C52H64N8O11S. The number of oxazole rings is 1. The maximum absolute atomic E-state index is 14.0. The number of aliphatic hydroxyl groups is 1. The van der Waals surface area contributed by atoms with Gasteiger partial charge in [-0.2, -0.15) is 4.98 Å². The van der Waals surface area contributed by atoms with Gasteiger partial charge in [0.15, 0.2) is 11.4 Å². The van der Waals surface area contributed by atoms with Crippen molar-refractivity contribution in [3.8, 4) is 21.9 Å². The number of anilines is 1. The largest absolute Gasteiger partial charge is 0.490 e. The number of aryl methyl sites for hydroxylation is 1. The molecule has 0 bridgehead atoms. The Bertz CT molecular complexity index is 2700. The molecule has 1 saturated heterocycles. The number of aromatic nitrogens is 5. The Morgan fingerprint density at radius 1 is 0.875 bits per heavy atom. The summed E-state index contributed by atoms with van der Waals surface area (Å²) in [7, 11) is 0. The number of hydrogen-bond acceptors (Lipinski definition) is 17. The van der Waals surface area contributed by atoms with Gasteiger partial charge in [0, 0.05) is 63.4 Å². The molecule has 4 aromatic heterocycles. The molecule has 0 aliphatic carbocycles. The summed E-state index contributed by atoms with van der Waals surface area (Å²) < 4.78 is 42.3. The van der Waals surface area contributed by atoms with Crippen LogP contribution in [0, 0.1) is 18.3 Å². The summed E-state index contributed by atoms with van der Waals surface area (Å²) in [5, 5.41) is 13.5. The topological polar surface area (TPSA) is 215 Å². The number of thiazole rings is 1. The Morgan fingerprint density at radius 3 is 2.32 bits per heavy atom. The lowest BCUT2D eigenvalue weighted by molar-refractivity contribution is -0.146. The van der Waals surface area contributed by atoms with Crippen LogP contribution in [0.5, 0.6) is 11.5 Å². The van der Waals surface area contributed by atoms with E-state index in [0.29, 0.717) is 69.3 Å². The number of benzene rings is 2. The van der Waals surface area contributed by atoms with Gasteiger partial charge in [-0.05, 0) is 47.7 Å². The minimum atomic E-state index is -0.845. The van der Waals surface area contributed by atoms with Gasteiger partial charge in [-0.15, -0.1) is 11.3 Å². The summed E-state index contributed by atoms with van der Waals surface area (Å²) >= 11 is 1.58. The van der Waals surface area contributed by atoms with E-state index in [1.807, 2.05) is 100 Å². The number of hydrogen-bond donors (Lipinski definition) is 2. The first kappa shape index (κ1) is 52.0. The molecule has 0 spiro atoms. The zero-order valence-corrected chi connectivity index (χ0v) is 42.1. The zero-order chi connectivity index (χ0) is 50.5. The third-order valence-corrected chi connectivity index (χ3v) is 13.5. The monoisotopic (exact) mass is 1010 g/mol. The van der Waals surface area contributed by atoms with Crippen LogP contribution in [0.3, 0.4) is 0 Å². The number of ketones is 1. The van der Waals surface area contributed by atoms with Crippen molar-refractivity contribution in [3.05, 3.63) is 101 Å². The van der Waals surface area contributed by atoms with E-state index in [2.05, 4.69) is 29.7 Å². The van der Waals surface area contributed by atoms with Crippen LogP contribution in [0.2, 0.25) is 0 Å². The second-order valence-corrected chi connectivity index (χ2v) is 19.7. The van der Waals surface area contributed by atoms with Gasteiger partial charge in [0.05, 0.1) is 86.9 Å². The Balaban J connectivity index is 0.638. The number of carbonyl (C=O) groups excluding carboxylic acids is 3. The van der Waals surface area contributed by atoms with Gasteiger partial charge in [0.25, 0.3) is 6.01 Å². The highest BCUT2D eigenvalue weighted by Gasteiger charge is 2.44. The van der Waals surface area contributed by atoms with Crippen LogP contribution in [0.1, 0.15) is 56.4 Å². The van der Waals surface area contributed by atoms with E-state index in [9.17, 15) is 19.5 Å². The Hall–Kier alpha value is -6.29. The predicted octanol–water partition coefficient (Wildman–Crippen LogP) is 5.80. The van der Waals surface area contributed by atoms with Crippen LogP contribution in [-0.2, 0) is 59.6 Å². The van der Waals surface area contributed by atoms with Gasteiger partial charge in [-0.1, -0.05) is 45.0 Å². The van der Waals surface area contributed by atoms with E-state index in [-0.39, 0.29) is 70.0 Å². The van der Waals surface area contributed by atoms with E-state index < -0.39 is 23.5 Å². The van der Waals surface area contributed by atoms with E-state index >= 15 is 0 Å². The number of carbonyl (C=O) groups is 3. The lowest BCUT2D eigenvalue weighted by atomic mass is 9.77. The fraction of sp³-hybridized carbons (Fsp3) is 0.481. The minimum absolute atomic E-state index is 0.0229. The highest BCUT2D eigenvalue weighted by Crippen LogP contribution is 2.34. The number of likely N-dealkylation sites (tertiary alicyclic amines) is 1. The van der Waals surface area contributed by atoms with E-state index in [1.54, 1.807) is 17.5 Å². The number of β-amino-alcohol motifs (C(OH)–C–C–N with tert-alkyl or cyclic N) is 1. The molecule has 2 N–H and O–H groups in total. The van der Waals surface area contributed by atoms with Gasteiger partial charge in [0.1, 0.15) is 48.7 Å². The highest BCUT2D eigenvalue weighted by atomic mass is 32.1. The van der Waals surface area contributed by atoms with Crippen LogP contribution < -0.4 is 19.7 Å². The zero-order valence-electron chi connectivity index (χ0n) is 41.3. The Morgan fingerprint density at radius 2 is 1.61 bits per heavy atom. The quantitative estimate of drug-likeness (QED) is 0.0615. The number of Topliss-reactive ketones (excluding diaryl/α,β-unsaturated/α-hetero) is 1. The van der Waals surface area contributed by atoms with Crippen LogP contribution >= 0.6 is 11.3 Å². The number of amides is 2. The van der Waals surface area contributed by atoms with Crippen molar-refractivity contribution in [2.24, 2.45) is 11.3 Å². The fourth-order valence-electron chi connectivity index (χ4n) is 8.48. The van der Waals surface area contributed by atoms with Gasteiger partial charge in [-0.25, -0.2) is 9.97 Å². The molecular weight excluding hydrogens is 945 g/mol. The van der Waals surface area contributed by atoms with E-state index in [4.69, 9.17) is 37.8 Å². The molecule has 0 saturated carbocycles. The highest BCUT2D eigenvalue weighted by molar-refractivity contribution is 7.13. The molecule has 6 heterocycles. The predicted molar refractivity (Wildman–Crippen MR) is 267 cm³/mol. The maximum atomic E-state index is 14.0. The van der Waals surface area contributed by atoms with Crippen molar-refractivity contribution in [2.45, 2.75) is 78.9 Å². The van der Waals surface area contributed by atoms with Crippen molar-refractivity contribution in [2.75, 3.05) is 77.5 Å². The van der Waals surface area contributed by atoms with Crippen molar-refractivity contribution in [1.82, 2.24) is 34.7 Å². The molecule has 2 aromatic carbocycles. The lowest BCUT2D eigenvalue weighted by Crippen LogP contribution is -2.50. The molecule has 19 nitrogen and oxygen atoms in total. The number of pyridine rings is 1. The number of nitrogens with one attached hydrogen (secondary N) is 1. The standard InChI is InChI=1S/C52H64N8O11S/c1-35-48(72-34-56-35)37-7-5-36(6-8-37)28-55-49(63)45-26-39(61)30-60(45)50(64)43(52(2,3)4)25-40(62)33-68-22-21-66-18-17-65-19-20-67-23-24-69-42-10-9-38(54-29-42)32-70-41-11-12-46-44(27-41)57-51(71-46)59-16-15-58-14-13-53-47(58)31-59/h5-14,27,29,34,39,43,45,61H,15-26,28,30-33H2,1-4H3,(H,55,63)/t39-,43-,45+/m1/s1. The third-order valence-electron chi connectivity index (χ3n) is 12.5. The average Bonchev–Trinajstić information content (AvgIpc) is 4.21. The van der Waals surface area contributed by atoms with Gasteiger partial charge < -0.3 is 57.6 Å². The third kappa shape index (κ3) is 14.2. The van der Waals surface area contributed by atoms with E-state index in [0.717, 1.165) is 51.8 Å². The Kier molecular flexibility index (Phi) is 18.0. The average molecular weight is 1010 g/mol. The summed E-state index contributed by atoms with van der Waals surface area (Å²) in [6, 6.07) is 16.9. The van der Waals surface area contributed by atoms with Crippen LogP contribution in [0.25, 0.3) is 21.5 Å². The molecule has 2 amide bonds. The molecule has 8 rings (SSSR count). The summed E-state index contributed by atoms with van der Waals surface area (Å²) in [4.78, 5) is 63.0. The second-order valence-electron chi connectivity index (χ2n) is 18.8. The molecule has 72 heavy (non-hydrogen) atoms. The van der Waals surface area contributed by atoms with Crippen molar-refractivity contribution >= 4 is 46.0 Å². The molecule has 384 valence electrons. The summed E-state index contributed by atoms with van der Waals surface area (Å²) in [6.45, 7) is 13.0. The van der Waals surface area contributed by atoms with Crippen LogP contribution in [0.15, 0.2) is 83.1 Å². The number of fused-ring (bicyclic) bond motifs is 2. The number of nitrogens with zero attached hydrogens (tertiary/aromatic N) is 7. The fourth-order valence-corrected chi connectivity index (χ4v) is 9.29. The lowest BCUT2D eigenvalue weighted by Gasteiger charge is -2.34. The first-order valence-corrected chi connectivity index (χ1v) is 25.2. The molecule has 3 atom stereocenters. The van der Waals surface area contributed by atoms with Gasteiger partial charge >= 0.3 is 0 Å². The number of aliphatic hydroxyl groups excluding tert-OH is 1. The van der Waals surface area contributed by atoms with E-state index in [1.165, 1.54) is 4.90 Å². The molecule has 6 aromatic rings. The van der Waals surface area contributed by atoms with Crippen LogP contribution in [0.4, 0.5) is 6.01 Å². The smallest absolute Gasteiger partial charge is 0.298 e. The number of rotatable bonds is 26. The minimum Gasteiger partial charge on any atom is -0.490 e. The normalized spacial score (nSPS) is 16.2. The summed E-state index contributed by atoms with van der Waals surface area (Å²) in [5.41, 5.74) is 6.32. The molecule has 0 unspecified atom stereocenters. The second kappa shape index (κ2) is 24.9. The first-order chi connectivity index (χ1) is 34.9. The maximum Gasteiger partial charge on any atom is 0.298 e. The number of ether oxygens (including phenoxy) is 6. The Labute approximate surface area is 422 Å². The van der Waals surface area contributed by atoms with Crippen molar-refractivity contribution in [3.63, 3.8) is 0 Å². The molecule has 2 aliphatic heterocycles.